The van der Waals surface area contributed by atoms with E-state index >= 15 is 0 Å². The van der Waals surface area contributed by atoms with E-state index in [4.69, 9.17) is 0 Å². The highest BCUT2D eigenvalue weighted by Gasteiger charge is 2.61. The first-order valence-electron chi connectivity index (χ1n) is 9.11. The Balaban J connectivity index is 1.35. The number of hydrogen-bond donors (Lipinski definition) is 0. The Labute approximate surface area is 143 Å². The third kappa shape index (κ3) is 2.62. The van der Waals surface area contributed by atoms with Crippen molar-refractivity contribution < 1.29 is 9.59 Å². The minimum atomic E-state index is 0.0798. The summed E-state index contributed by atoms with van der Waals surface area (Å²) in [7, 11) is 0. The largest absolute Gasteiger partial charge is 0.335 e. The van der Waals surface area contributed by atoms with Crippen LogP contribution in [0.2, 0.25) is 0 Å². The number of carbonyl (C=O) groups is 2. The molecule has 0 unspecified atom stereocenters. The summed E-state index contributed by atoms with van der Waals surface area (Å²) in [6.07, 6.45) is 4.75. The number of rotatable bonds is 3. The fourth-order valence-electron chi connectivity index (χ4n) is 4.29. The van der Waals surface area contributed by atoms with Crippen molar-refractivity contribution in [3.8, 4) is 0 Å². The lowest BCUT2D eigenvalue weighted by atomic mass is 9.79. The molecule has 0 aromatic heterocycles. The monoisotopic (exact) mass is 326 g/mol. The van der Waals surface area contributed by atoms with E-state index in [9.17, 15) is 9.59 Å². The van der Waals surface area contributed by atoms with Crippen LogP contribution < -0.4 is 0 Å². The Bertz CT molecular complexity index is 693. The van der Waals surface area contributed by atoms with Gasteiger partial charge in [-0.3, -0.25) is 9.59 Å². The van der Waals surface area contributed by atoms with Crippen molar-refractivity contribution in [3.05, 3.63) is 34.9 Å². The second-order valence-corrected chi connectivity index (χ2v) is 7.97. The zero-order valence-electron chi connectivity index (χ0n) is 14.7. The third-order valence-electron chi connectivity index (χ3n) is 6.41. The van der Waals surface area contributed by atoms with E-state index in [1.165, 1.54) is 36.0 Å². The molecule has 128 valence electrons. The van der Waals surface area contributed by atoms with Gasteiger partial charge in [-0.05, 0) is 55.2 Å². The summed E-state index contributed by atoms with van der Waals surface area (Å²) in [5.41, 5.74) is 4.04. The molecular weight excluding hydrogens is 300 g/mol. The van der Waals surface area contributed by atoms with Crippen molar-refractivity contribution in [3.63, 3.8) is 0 Å². The van der Waals surface area contributed by atoms with Crippen molar-refractivity contribution in [1.82, 2.24) is 9.80 Å². The van der Waals surface area contributed by atoms with Gasteiger partial charge >= 0.3 is 0 Å². The molecule has 1 heterocycles. The molecule has 24 heavy (non-hydrogen) atoms. The lowest BCUT2D eigenvalue weighted by Crippen LogP contribution is -2.52. The van der Waals surface area contributed by atoms with E-state index < -0.39 is 0 Å². The number of hydrogen-bond acceptors (Lipinski definition) is 2. The van der Waals surface area contributed by atoms with Crippen LogP contribution in [0.15, 0.2) is 18.2 Å². The normalized spacial score (nSPS) is 24.9. The van der Waals surface area contributed by atoms with Gasteiger partial charge in [0.05, 0.1) is 6.54 Å². The lowest BCUT2D eigenvalue weighted by molar-refractivity contribution is -0.147. The number of aryl methyl sites for hydroxylation is 2. The lowest BCUT2D eigenvalue weighted by Gasteiger charge is -2.35. The predicted octanol–water partition coefficient (Wildman–Crippen LogP) is 2.66. The first-order chi connectivity index (χ1) is 11.5. The summed E-state index contributed by atoms with van der Waals surface area (Å²) in [5.74, 6) is 0.523. The average Bonchev–Trinajstić information content (AvgIpc) is 3.28. The van der Waals surface area contributed by atoms with Gasteiger partial charge in [-0.15, -0.1) is 0 Å². The fourth-order valence-corrected chi connectivity index (χ4v) is 4.29. The van der Waals surface area contributed by atoms with E-state index in [0.717, 1.165) is 6.42 Å². The molecule has 1 aromatic rings. The average molecular weight is 326 g/mol. The van der Waals surface area contributed by atoms with Gasteiger partial charge in [-0.1, -0.05) is 24.6 Å². The van der Waals surface area contributed by atoms with Crippen molar-refractivity contribution in [2.24, 2.45) is 11.3 Å². The van der Waals surface area contributed by atoms with Crippen LogP contribution in [0.5, 0.6) is 0 Å². The topological polar surface area (TPSA) is 40.6 Å². The maximum absolute atomic E-state index is 12.6. The molecule has 1 spiro atoms. The molecule has 0 N–H and O–H groups in total. The van der Waals surface area contributed by atoms with Crippen LogP contribution >= 0.6 is 0 Å². The summed E-state index contributed by atoms with van der Waals surface area (Å²) in [4.78, 5) is 28.8. The molecule has 3 aliphatic rings. The van der Waals surface area contributed by atoms with Gasteiger partial charge < -0.3 is 9.80 Å². The van der Waals surface area contributed by atoms with Crippen molar-refractivity contribution in [2.75, 3.05) is 19.6 Å². The molecule has 1 aromatic carbocycles. The van der Waals surface area contributed by atoms with Gasteiger partial charge in [0, 0.05) is 25.6 Å². The Morgan fingerprint density at radius 3 is 2.58 bits per heavy atom. The smallest absolute Gasteiger partial charge is 0.242 e. The zero-order chi connectivity index (χ0) is 16.9. The molecule has 2 aliphatic carbocycles. The SMILES string of the molecule is Cc1ccc(CN2CCN(C(=O)[C@H]3CC34CCC4)CC2=O)cc1C. The van der Waals surface area contributed by atoms with Crippen molar-refractivity contribution >= 4 is 11.8 Å². The van der Waals surface area contributed by atoms with Gasteiger partial charge in [0.2, 0.25) is 11.8 Å². The Kier molecular flexibility index (Phi) is 3.66. The molecule has 0 radical (unpaired) electrons. The van der Waals surface area contributed by atoms with E-state index in [2.05, 4.69) is 32.0 Å². The van der Waals surface area contributed by atoms with Crippen LogP contribution in [0.25, 0.3) is 0 Å². The molecule has 4 rings (SSSR count). The van der Waals surface area contributed by atoms with Crippen LogP contribution in [0.3, 0.4) is 0 Å². The second kappa shape index (κ2) is 5.61. The Hall–Kier alpha value is -1.84. The number of benzene rings is 1. The van der Waals surface area contributed by atoms with Crippen LogP contribution in [0.4, 0.5) is 0 Å². The summed E-state index contributed by atoms with van der Waals surface area (Å²) in [6.45, 7) is 6.44. The van der Waals surface area contributed by atoms with Crippen LogP contribution in [-0.4, -0.2) is 41.2 Å². The summed E-state index contributed by atoms with van der Waals surface area (Å²) >= 11 is 0. The van der Waals surface area contributed by atoms with E-state index in [-0.39, 0.29) is 24.3 Å². The summed E-state index contributed by atoms with van der Waals surface area (Å²) in [6, 6.07) is 6.36. The van der Waals surface area contributed by atoms with Gasteiger partial charge in [0.15, 0.2) is 0 Å². The van der Waals surface area contributed by atoms with Gasteiger partial charge in [-0.2, -0.15) is 0 Å². The highest BCUT2D eigenvalue weighted by molar-refractivity contribution is 5.89. The first kappa shape index (κ1) is 15.7. The Morgan fingerprint density at radius 2 is 2.00 bits per heavy atom. The molecule has 4 heteroatoms. The number of carbonyl (C=O) groups excluding carboxylic acids is 2. The third-order valence-corrected chi connectivity index (χ3v) is 6.41. The molecule has 4 nitrogen and oxygen atoms in total. The minimum Gasteiger partial charge on any atom is -0.335 e. The van der Waals surface area contributed by atoms with Crippen LogP contribution in [0.1, 0.15) is 42.4 Å². The van der Waals surface area contributed by atoms with Gasteiger partial charge in [-0.25, -0.2) is 0 Å². The molecular formula is C20H26N2O2. The predicted molar refractivity (Wildman–Crippen MR) is 92.3 cm³/mol. The number of nitrogens with zero attached hydrogens (tertiary/aromatic N) is 2. The highest BCUT2D eigenvalue weighted by atomic mass is 16.2. The van der Waals surface area contributed by atoms with Gasteiger partial charge in [0.25, 0.3) is 0 Å². The van der Waals surface area contributed by atoms with Crippen molar-refractivity contribution in [1.29, 1.82) is 0 Å². The quantitative estimate of drug-likeness (QED) is 0.857. The van der Waals surface area contributed by atoms with Crippen molar-refractivity contribution in [2.45, 2.75) is 46.1 Å². The highest BCUT2D eigenvalue weighted by Crippen LogP contribution is 2.65. The molecule has 0 bridgehead atoms. The Morgan fingerprint density at radius 1 is 1.21 bits per heavy atom. The van der Waals surface area contributed by atoms with Crippen LogP contribution in [0, 0.1) is 25.2 Å². The van der Waals surface area contributed by atoms with E-state index in [1.54, 1.807) is 4.90 Å². The minimum absolute atomic E-state index is 0.0798. The number of piperazine rings is 1. The molecule has 2 amide bonds. The van der Waals surface area contributed by atoms with Gasteiger partial charge in [0.1, 0.15) is 0 Å². The van der Waals surface area contributed by atoms with E-state index in [1.807, 2.05) is 4.90 Å². The zero-order valence-corrected chi connectivity index (χ0v) is 14.7. The molecule has 1 aliphatic heterocycles. The van der Waals surface area contributed by atoms with Crippen LogP contribution in [-0.2, 0) is 16.1 Å². The maximum atomic E-state index is 12.6. The van der Waals surface area contributed by atoms with E-state index in [0.29, 0.717) is 25.0 Å². The second-order valence-electron chi connectivity index (χ2n) is 7.97. The molecule has 1 atom stereocenters. The fraction of sp³-hybridized carbons (Fsp3) is 0.600. The maximum Gasteiger partial charge on any atom is 0.242 e. The standard InChI is InChI=1S/C20H26N2O2/c1-14-4-5-16(10-15(14)2)12-21-8-9-22(13-18(21)23)19(24)17-11-20(17)6-3-7-20/h4-5,10,17H,3,6-9,11-13H2,1-2H3/t17-/m1/s1. The summed E-state index contributed by atoms with van der Waals surface area (Å²) < 4.78 is 0. The molecule has 3 fully saturated rings. The first-order valence-corrected chi connectivity index (χ1v) is 9.11. The molecule has 2 saturated carbocycles. The number of amides is 2. The molecule has 1 saturated heterocycles. The summed E-state index contributed by atoms with van der Waals surface area (Å²) in [5, 5.41) is 0.